The molecule has 2 aromatic heterocycles. The summed E-state index contributed by atoms with van der Waals surface area (Å²) >= 11 is 0. The molecule has 0 aliphatic carbocycles. The van der Waals surface area contributed by atoms with E-state index in [-0.39, 0.29) is 0 Å². The van der Waals surface area contributed by atoms with Crippen LogP contribution in [0.15, 0.2) is 218 Å². The third kappa shape index (κ3) is 5.96. The van der Waals surface area contributed by atoms with Gasteiger partial charge in [-0.1, -0.05) is 188 Å². The fourth-order valence-corrected chi connectivity index (χ4v) is 9.11. The van der Waals surface area contributed by atoms with E-state index in [0.29, 0.717) is 17.5 Å². The molecule has 0 fully saturated rings. The first-order valence-corrected chi connectivity index (χ1v) is 20.7. The number of para-hydroxylation sites is 2. The molecule has 0 saturated carbocycles. The van der Waals surface area contributed by atoms with Gasteiger partial charge in [-0.2, -0.15) is 0 Å². The Bertz CT molecular complexity index is 3570. The Labute approximate surface area is 352 Å². The third-order valence-corrected chi connectivity index (χ3v) is 12.0. The molecule has 4 heteroatoms. The van der Waals surface area contributed by atoms with Crippen molar-refractivity contribution in [3.8, 4) is 62.1 Å². The van der Waals surface area contributed by atoms with Gasteiger partial charge < -0.3 is 4.57 Å². The summed E-state index contributed by atoms with van der Waals surface area (Å²) in [6.45, 7) is 0. The molecule has 0 atom stereocenters. The standard InChI is InChI=1S/C57H36N4/c1-2-13-37(14-3-1)38-25-29-41(30-26-38)55-58-56(60-57(59-55)44-17-12-18-45(35-44)61-52-23-10-8-21-48(52)49-22-9-11-24-53(49)61)42-31-27-40(28-32-42)54-47-20-7-5-16-43(47)36-51-46-19-6-4-15-39(46)33-34-50(51)54/h1-36H. The molecule has 0 spiro atoms. The number of aromatic nitrogens is 4. The summed E-state index contributed by atoms with van der Waals surface area (Å²) in [5.41, 5.74) is 10.8. The number of nitrogens with zero attached hydrogens (tertiary/aromatic N) is 4. The first kappa shape index (κ1) is 34.8. The van der Waals surface area contributed by atoms with Crippen molar-refractivity contribution >= 4 is 54.1 Å². The van der Waals surface area contributed by atoms with Gasteiger partial charge in [0.15, 0.2) is 17.5 Å². The minimum Gasteiger partial charge on any atom is -0.309 e. The lowest BCUT2D eigenvalue weighted by Crippen LogP contribution is -2.01. The zero-order valence-corrected chi connectivity index (χ0v) is 33.1. The van der Waals surface area contributed by atoms with Crippen molar-refractivity contribution in [3.05, 3.63) is 218 Å². The number of benzene rings is 10. The minimum atomic E-state index is 0.616. The van der Waals surface area contributed by atoms with Crippen molar-refractivity contribution < 1.29 is 0 Å². The molecule has 10 aromatic carbocycles. The summed E-state index contributed by atoms with van der Waals surface area (Å²) in [4.78, 5) is 15.6. The molecule has 4 nitrogen and oxygen atoms in total. The van der Waals surface area contributed by atoms with Gasteiger partial charge in [-0.05, 0) is 84.9 Å². The van der Waals surface area contributed by atoms with Gasteiger partial charge in [0, 0.05) is 33.2 Å². The minimum absolute atomic E-state index is 0.616. The Morgan fingerprint density at radius 2 is 0.754 bits per heavy atom. The van der Waals surface area contributed by atoms with Gasteiger partial charge in [-0.25, -0.2) is 15.0 Å². The van der Waals surface area contributed by atoms with Crippen LogP contribution < -0.4 is 0 Å². The maximum Gasteiger partial charge on any atom is 0.164 e. The van der Waals surface area contributed by atoms with Crippen LogP contribution in [0.3, 0.4) is 0 Å². The van der Waals surface area contributed by atoms with Gasteiger partial charge >= 0.3 is 0 Å². The largest absolute Gasteiger partial charge is 0.309 e. The van der Waals surface area contributed by atoms with Crippen molar-refractivity contribution in [3.63, 3.8) is 0 Å². The molecule has 61 heavy (non-hydrogen) atoms. The molecule has 12 rings (SSSR count). The molecule has 0 radical (unpaired) electrons. The fraction of sp³-hybridized carbons (Fsp3) is 0. The SMILES string of the molecule is c1ccc(-c2ccc(-c3nc(-c4ccc(-c5c6ccccc6cc6c5ccc5ccccc56)cc4)nc(-c4cccc(-n5c6ccccc6c6ccccc65)c4)n3)cc2)cc1. The maximum atomic E-state index is 5.22. The average molecular weight is 777 g/mol. The van der Waals surface area contributed by atoms with Gasteiger partial charge in [-0.3, -0.25) is 0 Å². The van der Waals surface area contributed by atoms with Crippen LogP contribution in [0, 0.1) is 0 Å². The molecule has 284 valence electrons. The molecular weight excluding hydrogens is 741 g/mol. The third-order valence-electron chi connectivity index (χ3n) is 12.0. The quantitative estimate of drug-likeness (QED) is 0.125. The van der Waals surface area contributed by atoms with E-state index >= 15 is 0 Å². The lowest BCUT2D eigenvalue weighted by molar-refractivity contribution is 1.07. The summed E-state index contributed by atoms with van der Waals surface area (Å²) in [6, 6.07) is 77.6. The second-order valence-electron chi connectivity index (χ2n) is 15.6. The molecule has 0 bridgehead atoms. The van der Waals surface area contributed by atoms with Crippen LogP contribution in [0.5, 0.6) is 0 Å². The van der Waals surface area contributed by atoms with Crippen molar-refractivity contribution in [2.45, 2.75) is 0 Å². The van der Waals surface area contributed by atoms with Crippen LogP contribution in [0.4, 0.5) is 0 Å². The van der Waals surface area contributed by atoms with Crippen LogP contribution in [0.1, 0.15) is 0 Å². The van der Waals surface area contributed by atoms with Crippen LogP contribution in [-0.2, 0) is 0 Å². The predicted octanol–water partition coefficient (Wildman–Crippen LogP) is 14.8. The lowest BCUT2D eigenvalue weighted by Gasteiger charge is -2.15. The van der Waals surface area contributed by atoms with Gasteiger partial charge in [0.2, 0.25) is 0 Å². The van der Waals surface area contributed by atoms with E-state index in [2.05, 4.69) is 217 Å². The molecule has 12 aromatic rings. The van der Waals surface area contributed by atoms with Gasteiger partial charge in [0.1, 0.15) is 0 Å². The lowest BCUT2D eigenvalue weighted by atomic mass is 9.89. The van der Waals surface area contributed by atoms with Gasteiger partial charge in [0.25, 0.3) is 0 Å². The van der Waals surface area contributed by atoms with Crippen LogP contribution in [0.25, 0.3) is 116 Å². The van der Waals surface area contributed by atoms with Crippen molar-refractivity contribution in [2.24, 2.45) is 0 Å². The van der Waals surface area contributed by atoms with E-state index in [0.717, 1.165) is 44.5 Å². The van der Waals surface area contributed by atoms with Gasteiger partial charge in [0.05, 0.1) is 11.0 Å². The Balaban J connectivity index is 1.01. The molecule has 0 saturated heterocycles. The first-order valence-electron chi connectivity index (χ1n) is 20.7. The summed E-state index contributed by atoms with van der Waals surface area (Å²) in [5.74, 6) is 1.86. The Hall–Kier alpha value is -8.21. The highest BCUT2D eigenvalue weighted by molar-refractivity contribution is 6.20. The van der Waals surface area contributed by atoms with Crippen molar-refractivity contribution in [1.29, 1.82) is 0 Å². The normalized spacial score (nSPS) is 11.6. The summed E-state index contributed by atoms with van der Waals surface area (Å²) in [7, 11) is 0. The predicted molar refractivity (Wildman–Crippen MR) is 254 cm³/mol. The molecule has 0 unspecified atom stereocenters. The van der Waals surface area contributed by atoms with Crippen molar-refractivity contribution in [2.75, 3.05) is 0 Å². The monoisotopic (exact) mass is 776 g/mol. The van der Waals surface area contributed by atoms with E-state index in [4.69, 9.17) is 15.0 Å². The highest BCUT2D eigenvalue weighted by atomic mass is 15.0. The van der Waals surface area contributed by atoms with Crippen LogP contribution in [-0.4, -0.2) is 19.5 Å². The van der Waals surface area contributed by atoms with Crippen LogP contribution >= 0.6 is 0 Å². The molecular formula is C57H36N4. The van der Waals surface area contributed by atoms with E-state index in [1.54, 1.807) is 0 Å². The first-order chi connectivity index (χ1) is 30.2. The Morgan fingerprint density at radius 1 is 0.262 bits per heavy atom. The molecule has 0 aliphatic heterocycles. The van der Waals surface area contributed by atoms with E-state index < -0.39 is 0 Å². The summed E-state index contributed by atoms with van der Waals surface area (Å²) in [6.07, 6.45) is 0. The van der Waals surface area contributed by atoms with Gasteiger partial charge in [-0.15, -0.1) is 0 Å². The molecule has 0 N–H and O–H groups in total. The maximum absolute atomic E-state index is 5.22. The smallest absolute Gasteiger partial charge is 0.164 e. The summed E-state index contributed by atoms with van der Waals surface area (Å²) in [5, 5.41) is 9.88. The molecule has 0 amide bonds. The van der Waals surface area contributed by atoms with E-state index in [9.17, 15) is 0 Å². The number of rotatable bonds is 6. The van der Waals surface area contributed by atoms with E-state index in [1.165, 1.54) is 54.2 Å². The second-order valence-corrected chi connectivity index (χ2v) is 15.6. The average Bonchev–Trinajstić information content (AvgIpc) is 3.68. The fourth-order valence-electron chi connectivity index (χ4n) is 9.11. The molecule has 0 aliphatic rings. The van der Waals surface area contributed by atoms with E-state index in [1.807, 2.05) is 6.07 Å². The highest BCUT2D eigenvalue weighted by Gasteiger charge is 2.17. The van der Waals surface area contributed by atoms with Crippen LogP contribution in [0.2, 0.25) is 0 Å². The van der Waals surface area contributed by atoms with Crippen molar-refractivity contribution in [1.82, 2.24) is 19.5 Å². The number of hydrogen-bond donors (Lipinski definition) is 0. The number of hydrogen-bond acceptors (Lipinski definition) is 3. The second kappa shape index (κ2) is 14.3. The molecule has 2 heterocycles. The highest BCUT2D eigenvalue weighted by Crippen LogP contribution is 2.40. The number of fused-ring (bicyclic) bond motifs is 7. The topological polar surface area (TPSA) is 43.6 Å². The zero-order chi connectivity index (χ0) is 40.3. The Kier molecular flexibility index (Phi) is 8.13. The Morgan fingerprint density at radius 3 is 1.43 bits per heavy atom. The zero-order valence-electron chi connectivity index (χ0n) is 33.1. The summed E-state index contributed by atoms with van der Waals surface area (Å²) < 4.78 is 2.33.